The van der Waals surface area contributed by atoms with Crippen molar-refractivity contribution in [2.24, 2.45) is 0 Å². The van der Waals surface area contributed by atoms with Crippen molar-refractivity contribution in [3.8, 4) is 0 Å². The van der Waals surface area contributed by atoms with E-state index in [-0.39, 0.29) is 24.6 Å². The fourth-order valence-corrected chi connectivity index (χ4v) is 3.42. The van der Waals surface area contributed by atoms with Gasteiger partial charge in [0.25, 0.3) is 5.91 Å². The van der Waals surface area contributed by atoms with E-state index < -0.39 is 24.1 Å². The van der Waals surface area contributed by atoms with Crippen LogP contribution in [0.1, 0.15) is 16.8 Å². The first kappa shape index (κ1) is 20.2. The topological polar surface area (TPSA) is 95.9 Å². The number of rotatable bonds is 8. The first-order valence-electron chi connectivity index (χ1n) is 8.06. The third kappa shape index (κ3) is 4.95. The Labute approximate surface area is 154 Å². The predicted octanol–water partition coefficient (Wildman–Crippen LogP) is 1.18. The molecule has 2 N–H and O–H groups in total. The molecule has 0 spiro atoms. The number of hydrogen-bond acceptors (Lipinski definition) is 5. The first-order valence-corrected chi connectivity index (χ1v) is 9.05. The largest absolute Gasteiger partial charge is 0.479 e. The average molecular weight is 384 g/mol. The molecule has 0 bridgehead atoms. The van der Waals surface area contributed by atoms with Gasteiger partial charge in [0, 0.05) is 31.5 Å². The summed E-state index contributed by atoms with van der Waals surface area (Å²) in [7, 11) is 1.54. The van der Waals surface area contributed by atoms with Crippen LogP contribution in [-0.2, 0) is 14.3 Å². The van der Waals surface area contributed by atoms with Crippen molar-refractivity contribution in [3.63, 3.8) is 0 Å². The van der Waals surface area contributed by atoms with Gasteiger partial charge in [0.15, 0.2) is 0 Å². The van der Waals surface area contributed by atoms with Crippen molar-refractivity contribution in [1.29, 1.82) is 0 Å². The summed E-state index contributed by atoms with van der Waals surface area (Å²) in [5.74, 6) is -2.06. The van der Waals surface area contributed by atoms with Crippen molar-refractivity contribution in [1.82, 2.24) is 10.2 Å². The van der Waals surface area contributed by atoms with Crippen LogP contribution in [0.3, 0.4) is 0 Å². The molecule has 1 aromatic rings. The molecule has 2 amide bonds. The zero-order valence-electron chi connectivity index (χ0n) is 14.4. The van der Waals surface area contributed by atoms with Crippen LogP contribution in [0.25, 0.3) is 0 Å². The number of alkyl halides is 1. The lowest BCUT2D eigenvalue weighted by atomic mass is 10.1. The quantitative estimate of drug-likeness (QED) is 0.516. The number of carbonyl (C=O) groups excluding carboxylic acids is 2. The number of benzene rings is 1. The van der Waals surface area contributed by atoms with E-state index in [0.29, 0.717) is 23.6 Å². The summed E-state index contributed by atoms with van der Waals surface area (Å²) >= 11 is 1.20. The molecule has 1 heterocycles. The zero-order valence-corrected chi connectivity index (χ0v) is 15.2. The van der Waals surface area contributed by atoms with Crippen molar-refractivity contribution >= 4 is 29.5 Å². The lowest BCUT2D eigenvalue weighted by molar-refractivity contribution is -0.149. The molecule has 1 fully saturated rings. The van der Waals surface area contributed by atoms with Crippen LogP contribution < -0.4 is 5.32 Å². The Hall–Kier alpha value is -2.13. The van der Waals surface area contributed by atoms with E-state index in [1.54, 1.807) is 24.3 Å². The van der Waals surface area contributed by atoms with Gasteiger partial charge in [-0.3, -0.25) is 9.59 Å². The molecule has 0 aliphatic carbocycles. The number of likely N-dealkylation sites (tertiary alicyclic amines) is 1. The number of halogens is 1. The summed E-state index contributed by atoms with van der Waals surface area (Å²) in [6, 6.07) is 6.71. The van der Waals surface area contributed by atoms with Gasteiger partial charge in [-0.2, -0.15) is 0 Å². The number of carboxylic acids is 1. The number of ether oxygens (including phenoxy) is 1. The molecule has 0 saturated carbocycles. The molecule has 9 heteroatoms. The third-order valence-electron chi connectivity index (χ3n) is 3.99. The van der Waals surface area contributed by atoms with Crippen LogP contribution in [0.5, 0.6) is 0 Å². The minimum absolute atomic E-state index is 0.0398. The SMILES string of the molecule is COCCNC(=O)CSc1ccccc1C(=O)N1CCC(F)(C(=O)O)C1. The smallest absolute Gasteiger partial charge is 0.343 e. The highest BCUT2D eigenvalue weighted by molar-refractivity contribution is 8.00. The molecule has 1 aliphatic rings. The summed E-state index contributed by atoms with van der Waals surface area (Å²) in [4.78, 5) is 37.3. The summed E-state index contributed by atoms with van der Waals surface area (Å²) in [5, 5.41) is 11.6. The molecule has 7 nitrogen and oxygen atoms in total. The van der Waals surface area contributed by atoms with E-state index in [9.17, 15) is 18.8 Å². The summed E-state index contributed by atoms with van der Waals surface area (Å²) in [6.07, 6.45) is -0.231. The molecule has 26 heavy (non-hydrogen) atoms. The minimum atomic E-state index is -2.40. The van der Waals surface area contributed by atoms with Gasteiger partial charge in [0.2, 0.25) is 11.6 Å². The fourth-order valence-electron chi connectivity index (χ4n) is 2.55. The van der Waals surface area contributed by atoms with Crippen molar-refractivity contribution in [3.05, 3.63) is 29.8 Å². The number of thioether (sulfide) groups is 1. The monoisotopic (exact) mass is 384 g/mol. The molecule has 1 aromatic carbocycles. The second-order valence-corrected chi connectivity index (χ2v) is 6.89. The number of carbonyl (C=O) groups is 3. The van der Waals surface area contributed by atoms with Crippen LogP contribution in [-0.4, -0.2) is 72.6 Å². The Bertz CT molecular complexity index is 687. The number of nitrogens with one attached hydrogen (secondary N) is 1. The van der Waals surface area contributed by atoms with Gasteiger partial charge < -0.3 is 20.1 Å². The second-order valence-electron chi connectivity index (χ2n) is 5.87. The molecule has 142 valence electrons. The lowest BCUT2D eigenvalue weighted by Gasteiger charge is -2.19. The number of aliphatic carboxylic acids is 1. The predicted molar refractivity (Wildman–Crippen MR) is 94.0 cm³/mol. The van der Waals surface area contributed by atoms with E-state index in [0.717, 1.165) is 0 Å². The number of amides is 2. The van der Waals surface area contributed by atoms with E-state index >= 15 is 0 Å². The Kier molecular flexibility index (Phi) is 6.98. The van der Waals surface area contributed by atoms with Crippen LogP contribution in [0, 0.1) is 0 Å². The van der Waals surface area contributed by atoms with Crippen LogP contribution >= 0.6 is 11.8 Å². The molecular weight excluding hydrogens is 363 g/mol. The summed E-state index contributed by atoms with van der Waals surface area (Å²) in [6.45, 7) is 0.378. The number of carboxylic acid groups (broad SMARTS) is 1. The molecule has 2 rings (SSSR count). The standard InChI is InChI=1S/C17H21FN2O5S/c1-25-9-7-19-14(21)10-26-13-5-3-2-4-12(13)15(22)20-8-6-17(18,11-20)16(23)24/h2-5H,6-11H2,1H3,(H,19,21)(H,23,24). The van der Waals surface area contributed by atoms with Crippen molar-refractivity contribution in [2.45, 2.75) is 17.0 Å². The maximum absolute atomic E-state index is 14.2. The minimum Gasteiger partial charge on any atom is -0.479 e. The molecule has 0 radical (unpaired) electrons. The Morgan fingerprint density at radius 2 is 2.12 bits per heavy atom. The third-order valence-corrected chi connectivity index (χ3v) is 5.07. The first-order chi connectivity index (χ1) is 12.4. The van der Waals surface area contributed by atoms with Gasteiger partial charge in [0.05, 0.1) is 24.5 Å². The van der Waals surface area contributed by atoms with Crippen LogP contribution in [0.15, 0.2) is 29.2 Å². The number of methoxy groups -OCH3 is 1. The van der Waals surface area contributed by atoms with Gasteiger partial charge in [-0.15, -0.1) is 11.8 Å². The van der Waals surface area contributed by atoms with Crippen LogP contribution in [0.4, 0.5) is 4.39 Å². The summed E-state index contributed by atoms with van der Waals surface area (Å²) in [5.41, 5.74) is -2.07. The maximum atomic E-state index is 14.2. The Balaban J connectivity index is 2.01. The van der Waals surface area contributed by atoms with Crippen molar-refractivity contribution in [2.75, 3.05) is 39.1 Å². The van der Waals surface area contributed by atoms with Gasteiger partial charge in [-0.05, 0) is 12.1 Å². The lowest BCUT2D eigenvalue weighted by Crippen LogP contribution is -2.39. The van der Waals surface area contributed by atoms with E-state index in [4.69, 9.17) is 9.84 Å². The van der Waals surface area contributed by atoms with Gasteiger partial charge in [0.1, 0.15) is 0 Å². The fraction of sp³-hybridized carbons (Fsp3) is 0.471. The van der Waals surface area contributed by atoms with Gasteiger partial charge >= 0.3 is 5.97 Å². The van der Waals surface area contributed by atoms with Gasteiger partial charge in [-0.25, -0.2) is 9.18 Å². The second kappa shape index (κ2) is 9.00. The van der Waals surface area contributed by atoms with E-state index in [1.807, 2.05) is 0 Å². The highest BCUT2D eigenvalue weighted by atomic mass is 32.2. The van der Waals surface area contributed by atoms with E-state index in [1.165, 1.54) is 23.8 Å². The molecule has 1 unspecified atom stereocenters. The molecule has 1 aliphatic heterocycles. The molecule has 0 aromatic heterocycles. The van der Waals surface area contributed by atoms with Gasteiger partial charge in [-0.1, -0.05) is 12.1 Å². The highest BCUT2D eigenvalue weighted by Gasteiger charge is 2.47. The Morgan fingerprint density at radius 1 is 1.38 bits per heavy atom. The number of nitrogens with zero attached hydrogens (tertiary/aromatic N) is 1. The normalized spacial score (nSPS) is 19.4. The molecular formula is C17H21FN2O5S. The van der Waals surface area contributed by atoms with E-state index in [2.05, 4.69) is 5.32 Å². The summed E-state index contributed by atoms with van der Waals surface area (Å²) < 4.78 is 19.1. The zero-order chi connectivity index (χ0) is 19.2. The van der Waals surface area contributed by atoms with Crippen molar-refractivity contribution < 1.29 is 28.6 Å². The van der Waals surface area contributed by atoms with Crippen LogP contribution in [0.2, 0.25) is 0 Å². The highest BCUT2D eigenvalue weighted by Crippen LogP contribution is 2.29. The number of hydrogen-bond donors (Lipinski definition) is 2. The maximum Gasteiger partial charge on any atom is 0.343 e. The Morgan fingerprint density at radius 3 is 2.77 bits per heavy atom. The molecule has 1 atom stereocenters. The molecule has 1 saturated heterocycles. The average Bonchev–Trinajstić information content (AvgIpc) is 3.04.